The predicted molar refractivity (Wildman–Crippen MR) is 89.0 cm³/mol. The quantitative estimate of drug-likeness (QED) is 0.935. The topological polar surface area (TPSA) is 58.1 Å². The highest BCUT2D eigenvalue weighted by atomic mass is 35.5. The fourth-order valence-corrected chi connectivity index (χ4v) is 3.47. The van der Waals surface area contributed by atoms with Gasteiger partial charge in [0.25, 0.3) is 5.91 Å². The van der Waals surface area contributed by atoms with Gasteiger partial charge in [-0.15, -0.1) is 11.3 Å². The summed E-state index contributed by atoms with van der Waals surface area (Å²) in [5.74, 6) is 0.672. The molecule has 1 atom stereocenters. The second kappa shape index (κ2) is 6.22. The van der Waals surface area contributed by atoms with Crippen LogP contribution in [0.3, 0.4) is 0 Å². The summed E-state index contributed by atoms with van der Waals surface area (Å²) in [6, 6.07) is 3.62. The number of hydrogen-bond acceptors (Lipinski definition) is 5. The molecule has 22 heavy (non-hydrogen) atoms. The molecule has 1 aliphatic rings. The van der Waals surface area contributed by atoms with Crippen LogP contribution in [0.5, 0.6) is 0 Å². The van der Waals surface area contributed by atoms with Gasteiger partial charge in [-0.2, -0.15) is 0 Å². The Morgan fingerprint density at radius 2 is 2.27 bits per heavy atom. The van der Waals surface area contributed by atoms with Gasteiger partial charge in [0.2, 0.25) is 5.95 Å². The first-order valence-electron chi connectivity index (χ1n) is 7.11. The lowest BCUT2D eigenvalue weighted by molar-refractivity contribution is 0.0937. The Balaban J connectivity index is 1.68. The van der Waals surface area contributed by atoms with Crippen LogP contribution < -0.4 is 10.2 Å². The summed E-state index contributed by atoms with van der Waals surface area (Å²) in [6.07, 6.45) is 4.39. The molecule has 116 valence electrons. The number of carbonyl (C=O) groups excluding carboxylic acids is 1. The first kappa shape index (κ1) is 15.2. The zero-order chi connectivity index (χ0) is 15.7. The molecule has 0 saturated heterocycles. The van der Waals surface area contributed by atoms with E-state index in [2.05, 4.69) is 15.3 Å². The number of halogens is 1. The van der Waals surface area contributed by atoms with Gasteiger partial charge in [0.15, 0.2) is 0 Å². The van der Waals surface area contributed by atoms with Gasteiger partial charge in [-0.1, -0.05) is 11.6 Å². The van der Waals surface area contributed by atoms with Crippen LogP contribution >= 0.6 is 22.9 Å². The Morgan fingerprint density at radius 3 is 2.95 bits per heavy atom. The molecule has 0 fully saturated rings. The van der Waals surface area contributed by atoms with Crippen molar-refractivity contribution in [3.8, 4) is 0 Å². The lowest BCUT2D eigenvalue weighted by atomic mass is 9.93. The third-order valence-electron chi connectivity index (χ3n) is 3.67. The van der Waals surface area contributed by atoms with E-state index in [1.807, 2.05) is 25.2 Å². The van der Waals surface area contributed by atoms with E-state index in [9.17, 15) is 4.79 Å². The maximum absolute atomic E-state index is 12.2. The van der Waals surface area contributed by atoms with Crippen molar-refractivity contribution in [1.29, 1.82) is 0 Å². The number of rotatable bonds is 3. The summed E-state index contributed by atoms with van der Waals surface area (Å²) in [7, 11) is 3.86. The van der Waals surface area contributed by atoms with E-state index in [1.165, 1.54) is 11.3 Å². The molecular formula is C15H17ClN4OS. The molecule has 0 radical (unpaired) electrons. The summed E-state index contributed by atoms with van der Waals surface area (Å²) in [4.78, 5) is 23.7. The van der Waals surface area contributed by atoms with Crippen LogP contribution in [0.2, 0.25) is 4.34 Å². The number of nitrogens with zero attached hydrogens (tertiary/aromatic N) is 3. The van der Waals surface area contributed by atoms with E-state index in [0.29, 0.717) is 9.21 Å². The highest BCUT2D eigenvalue weighted by Gasteiger charge is 2.23. The third kappa shape index (κ3) is 3.23. The predicted octanol–water partition coefficient (Wildman–Crippen LogP) is 2.54. The van der Waals surface area contributed by atoms with E-state index in [0.717, 1.165) is 36.5 Å². The lowest BCUT2D eigenvalue weighted by Crippen LogP contribution is -2.39. The van der Waals surface area contributed by atoms with Gasteiger partial charge in [0.05, 0.1) is 9.21 Å². The number of amides is 1. The van der Waals surface area contributed by atoms with Crippen LogP contribution in [0.1, 0.15) is 27.3 Å². The van der Waals surface area contributed by atoms with Gasteiger partial charge in [-0.3, -0.25) is 4.79 Å². The smallest absolute Gasteiger partial charge is 0.261 e. The van der Waals surface area contributed by atoms with Gasteiger partial charge in [-0.25, -0.2) is 9.97 Å². The number of nitrogens with one attached hydrogen (secondary N) is 1. The van der Waals surface area contributed by atoms with E-state index >= 15 is 0 Å². The fraction of sp³-hybridized carbons (Fsp3) is 0.400. The monoisotopic (exact) mass is 336 g/mol. The molecule has 3 rings (SSSR count). The Bertz CT molecular complexity index is 701. The number of thiophene rings is 1. The number of aromatic nitrogens is 2. The Morgan fingerprint density at radius 1 is 1.45 bits per heavy atom. The van der Waals surface area contributed by atoms with Crippen molar-refractivity contribution in [3.05, 3.63) is 38.8 Å². The lowest BCUT2D eigenvalue weighted by Gasteiger charge is -2.25. The highest BCUT2D eigenvalue weighted by molar-refractivity contribution is 7.17. The fourth-order valence-electron chi connectivity index (χ4n) is 2.53. The molecule has 2 aromatic heterocycles. The molecule has 1 aliphatic carbocycles. The first-order chi connectivity index (χ1) is 10.5. The van der Waals surface area contributed by atoms with Crippen LogP contribution in [0, 0.1) is 0 Å². The summed E-state index contributed by atoms with van der Waals surface area (Å²) in [6.45, 7) is 0. The molecular weight excluding hydrogens is 320 g/mol. The van der Waals surface area contributed by atoms with Crippen LogP contribution in [-0.4, -0.2) is 36.0 Å². The van der Waals surface area contributed by atoms with Crippen LogP contribution in [0.25, 0.3) is 0 Å². The largest absolute Gasteiger partial charge is 0.348 e. The molecule has 1 amide bonds. The summed E-state index contributed by atoms with van der Waals surface area (Å²) >= 11 is 7.17. The van der Waals surface area contributed by atoms with Crippen molar-refractivity contribution in [3.63, 3.8) is 0 Å². The molecule has 0 unspecified atom stereocenters. The Hall–Kier alpha value is -1.66. The maximum Gasteiger partial charge on any atom is 0.261 e. The van der Waals surface area contributed by atoms with E-state index in [1.54, 1.807) is 12.1 Å². The minimum absolute atomic E-state index is 0.0591. The second-order valence-electron chi connectivity index (χ2n) is 5.55. The first-order valence-corrected chi connectivity index (χ1v) is 8.30. The third-order valence-corrected chi connectivity index (χ3v) is 4.90. The highest BCUT2D eigenvalue weighted by Crippen LogP contribution is 2.23. The van der Waals surface area contributed by atoms with E-state index < -0.39 is 0 Å². The zero-order valence-electron chi connectivity index (χ0n) is 12.5. The minimum atomic E-state index is -0.0591. The summed E-state index contributed by atoms with van der Waals surface area (Å²) in [5, 5.41) is 3.07. The van der Waals surface area contributed by atoms with E-state index in [4.69, 9.17) is 11.6 Å². The number of aryl methyl sites for hydroxylation is 1. The van der Waals surface area contributed by atoms with E-state index in [-0.39, 0.29) is 11.9 Å². The van der Waals surface area contributed by atoms with Crippen molar-refractivity contribution in [1.82, 2.24) is 15.3 Å². The molecule has 1 N–H and O–H groups in total. The molecule has 5 nitrogen and oxygen atoms in total. The Labute approximate surface area is 138 Å². The van der Waals surface area contributed by atoms with Gasteiger partial charge in [0, 0.05) is 32.0 Å². The zero-order valence-corrected chi connectivity index (χ0v) is 14.0. The molecule has 0 aromatic carbocycles. The number of anilines is 1. The number of fused-ring (bicyclic) bond motifs is 1. The standard InChI is InChI=1S/C15H17ClN4OS/c1-20(2)15-17-8-9-7-10(3-4-11(9)19-15)18-14(21)12-5-6-13(16)22-12/h5-6,8,10H,3-4,7H2,1-2H3,(H,18,21)/t10-/m0/s1. The van der Waals surface area contributed by atoms with Crippen LogP contribution in [-0.2, 0) is 12.8 Å². The minimum Gasteiger partial charge on any atom is -0.348 e. The molecule has 7 heteroatoms. The van der Waals surface area contributed by atoms with Crippen LogP contribution in [0.4, 0.5) is 5.95 Å². The van der Waals surface area contributed by atoms with Crippen LogP contribution in [0.15, 0.2) is 18.3 Å². The average Bonchev–Trinajstić information content (AvgIpc) is 2.93. The average molecular weight is 337 g/mol. The van der Waals surface area contributed by atoms with Gasteiger partial charge in [0.1, 0.15) is 0 Å². The second-order valence-corrected chi connectivity index (χ2v) is 7.27. The summed E-state index contributed by atoms with van der Waals surface area (Å²) < 4.78 is 0.628. The Kier molecular flexibility index (Phi) is 4.31. The summed E-state index contributed by atoms with van der Waals surface area (Å²) in [5.41, 5.74) is 2.20. The normalized spacial score (nSPS) is 17.0. The SMILES string of the molecule is CN(C)c1ncc2c(n1)CC[C@H](NC(=O)c1ccc(Cl)s1)C2. The van der Waals surface area contributed by atoms with Gasteiger partial charge >= 0.3 is 0 Å². The van der Waals surface area contributed by atoms with Crippen molar-refractivity contribution in [2.24, 2.45) is 0 Å². The molecule has 0 saturated carbocycles. The van der Waals surface area contributed by atoms with Gasteiger partial charge in [-0.05, 0) is 37.0 Å². The molecule has 2 aromatic rings. The number of hydrogen-bond donors (Lipinski definition) is 1. The van der Waals surface area contributed by atoms with Crippen molar-refractivity contribution < 1.29 is 4.79 Å². The number of carbonyl (C=O) groups is 1. The maximum atomic E-state index is 12.2. The van der Waals surface area contributed by atoms with Crippen molar-refractivity contribution in [2.45, 2.75) is 25.3 Å². The van der Waals surface area contributed by atoms with Crippen molar-refractivity contribution >= 4 is 34.8 Å². The molecule has 0 spiro atoms. The molecule has 0 bridgehead atoms. The molecule has 0 aliphatic heterocycles. The van der Waals surface area contributed by atoms with Crippen molar-refractivity contribution in [2.75, 3.05) is 19.0 Å². The molecule has 2 heterocycles. The van der Waals surface area contributed by atoms with Gasteiger partial charge < -0.3 is 10.2 Å².